The maximum atomic E-state index is 5.34. The third-order valence-corrected chi connectivity index (χ3v) is 1.99. The van der Waals surface area contributed by atoms with Crippen molar-refractivity contribution in [3.63, 3.8) is 0 Å². The maximum Gasteiger partial charge on any atom is 0.231 e. The smallest absolute Gasteiger partial charge is 0.231 e. The molecule has 76 valence electrons. The highest BCUT2D eigenvalue weighted by molar-refractivity contribution is 5.47. The second-order valence-corrected chi connectivity index (χ2v) is 2.91. The van der Waals surface area contributed by atoms with Crippen LogP contribution < -0.4 is 15.0 Å². The summed E-state index contributed by atoms with van der Waals surface area (Å²) < 4.78 is 10.6. The van der Waals surface area contributed by atoms with Gasteiger partial charge in [0.05, 0.1) is 6.61 Å². The van der Waals surface area contributed by atoms with Crippen LogP contribution >= 0.6 is 0 Å². The number of ether oxygens (including phenoxy) is 2. The van der Waals surface area contributed by atoms with Crippen molar-refractivity contribution < 1.29 is 14.3 Å². The summed E-state index contributed by atoms with van der Waals surface area (Å²) >= 11 is 0. The Morgan fingerprint density at radius 1 is 1.43 bits per heavy atom. The van der Waals surface area contributed by atoms with Crippen LogP contribution in [0.15, 0.2) is 18.2 Å². The summed E-state index contributed by atoms with van der Waals surface area (Å²) in [6.07, 6.45) is 0. The van der Waals surface area contributed by atoms with Gasteiger partial charge in [-0.3, -0.25) is 0 Å². The number of hydrogen-bond donors (Lipinski definition) is 1. The first-order chi connectivity index (χ1) is 6.92. The molecule has 14 heavy (non-hydrogen) atoms. The molecule has 0 saturated heterocycles. The van der Waals surface area contributed by atoms with Crippen LogP contribution in [0.3, 0.4) is 0 Å². The van der Waals surface area contributed by atoms with Crippen molar-refractivity contribution in [2.75, 3.05) is 13.4 Å². The Balaban J connectivity index is 2.06. The van der Waals surface area contributed by atoms with Gasteiger partial charge in [0, 0.05) is 12.1 Å². The minimum absolute atomic E-state index is 0.307. The van der Waals surface area contributed by atoms with Gasteiger partial charge in [0.1, 0.15) is 0 Å². The van der Waals surface area contributed by atoms with Crippen LogP contribution in [0, 0.1) is 0 Å². The third-order valence-electron chi connectivity index (χ3n) is 1.99. The lowest BCUT2D eigenvalue weighted by molar-refractivity contribution is 0.0458. The van der Waals surface area contributed by atoms with E-state index in [0.717, 1.165) is 17.1 Å². The highest BCUT2D eigenvalue weighted by atomic mass is 16.7. The van der Waals surface area contributed by atoms with Crippen molar-refractivity contribution in [3.8, 4) is 11.5 Å². The molecule has 0 amide bonds. The van der Waals surface area contributed by atoms with Crippen LogP contribution in [0.1, 0.15) is 12.5 Å². The predicted molar refractivity (Wildman–Crippen MR) is 51.0 cm³/mol. The molecule has 0 fully saturated rings. The van der Waals surface area contributed by atoms with Gasteiger partial charge in [-0.2, -0.15) is 5.48 Å². The monoisotopic (exact) mass is 195 g/mol. The van der Waals surface area contributed by atoms with Crippen LogP contribution in [0.25, 0.3) is 0 Å². The quantitative estimate of drug-likeness (QED) is 0.583. The van der Waals surface area contributed by atoms with Gasteiger partial charge in [-0.05, 0) is 13.0 Å². The molecule has 1 N–H and O–H groups in total. The summed E-state index contributed by atoms with van der Waals surface area (Å²) in [6, 6.07) is 5.82. The van der Waals surface area contributed by atoms with Gasteiger partial charge in [-0.1, -0.05) is 12.1 Å². The highest BCUT2D eigenvalue weighted by Gasteiger charge is 2.16. The van der Waals surface area contributed by atoms with Crippen LogP contribution in [0.2, 0.25) is 0 Å². The predicted octanol–water partition coefficient (Wildman–Crippen LogP) is 1.46. The van der Waals surface area contributed by atoms with Gasteiger partial charge in [-0.25, -0.2) is 0 Å². The average Bonchev–Trinajstić information content (AvgIpc) is 2.67. The number of nitrogens with one attached hydrogen (secondary N) is 1. The highest BCUT2D eigenvalue weighted by Crippen LogP contribution is 2.35. The first-order valence-corrected chi connectivity index (χ1v) is 4.64. The molecule has 4 nitrogen and oxygen atoms in total. The van der Waals surface area contributed by atoms with Gasteiger partial charge in [-0.15, -0.1) is 0 Å². The second kappa shape index (κ2) is 4.30. The number of para-hydroxylation sites is 1. The van der Waals surface area contributed by atoms with E-state index >= 15 is 0 Å². The molecule has 1 aromatic rings. The standard InChI is InChI=1S/C10H13NO3/c1-2-14-11-6-8-4-3-5-9-10(8)13-7-12-9/h3-5,11H,2,6-7H2,1H3. The van der Waals surface area contributed by atoms with Crippen LogP contribution in [0.5, 0.6) is 11.5 Å². The molecule has 0 unspecified atom stereocenters. The Hall–Kier alpha value is -1.26. The van der Waals surface area contributed by atoms with Crippen molar-refractivity contribution in [2.24, 2.45) is 0 Å². The van der Waals surface area contributed by atoms with E-state index < -0.39 is 0 Å². The lowest BCUT2D eigenvalue weighted by atomic mass is 10.2. The van der Waals surface area contributed by atoms with Gasteiger partial charge in [0.25, 0.3) is 0 Å². The Bertz CT molecular complexity index is 314. The van der Waals surface area contributed by atoms with E-state index in [1.54, 1.807) is 0 Å². The number of fused-ring (bicyclic) bond motifs is 1. The first-order valence-electron chi connectivity index (χ1n) is 4.64. The Labute approximate surface area is 82.7 Å². The Morgan fingerprint density at radius 3 is 3.21 bits per heavy atom. The van der Waals surface area contributed by atoms with Crippen LogP contribution in [-0.2, 0) is 11.4 Å². The molecule has 0 bridgehead atoms. The van der Waals surface area contributed by atoms with Crippen LogP contribution in [-0.4, -0.2) is 13.4 Å². The van der Waals surface area contributed by atoms with E-state index in [1.165, 1.54) is 0 Å². The largest absolute Gasteiger partial charge is 0.454 e. The zero-order chi connectivity index (χ0) is 9.80. The fourth-order valence-electron chi connectivity index (χ4n) is 1.36. The summed E-state index contributed by atoms with van der Waals surface area (Å²) in [6.45, 7) is 3.51. The molecule has 0 spiro atoms. The van der Waals surface area contributed by atoms with Crippen molar-refractivity contribution in [2.45, 2.75) is 13.5 Å². The van der Waals surface area contributed by atoms with Gasteiger partial charge in [0.15, 0.2) is 11.5 Å². The molecule has 0 aromatic heterocycles. The second-order valence-electron chi connectivity index (χ2n) is 2.91. The molecule has 2 rings (SSSR count). The molecule has 0 aliphatic carbocycles. The van der Waals surface area contributed by atoms with E-state index in [1.807, 2.05) is 25.1 Å². The molecule has 4 heteroatoms. The summed E-state index contributed by atoms with van der Waals surface area (Å²) in [5.41, 5.74) is 3.90. The third kappa shape index (κ3) is 1.81. The molecule has 1 heterocycles. The van der Waals surface area contributed by atoms with Gasteiger partial charge < -0.3 is 14.3 Å². The van der Waals surface area contributed by atoms with E-state index in [0.29, 0.717) is 19.9 Å². The zero-order valence-corrected chi connectivity index (χ0v) is 8.08. The molecular weight excluding hydrogens is 182 g/mol. The number of hydrogen-bond acceptors (Lipinski definition) is 4. The minimum Gasteiger partial charge on any atom is -0.454 e. The first kappa shape index (κ1) is 9.30. The van der Waals surface area contributed by atoms with E-state index in [-0.39, 0.29) is 0 Å². The number of hydroxylamine groups is 1. The summed E-state index contributed by atoms with van der Waals surface area (Å²) in [5.74, 6) is 1.63. The molecule has 1 aromatic carbocycles. The van der Waals surface area contributed by atoms with E-state index in [9.17, 15) is 0 Å². The topological polar surface area (TPSA) is 39.7 Å². The zero-order valence-electron chi connectivity index (χ0n) is 8.08. The van der Waals surface area contributed by atoms with Crippen molar-refractivity contribution >= 4 is 0 Å². The number of rotatable bonds is 4. The molecule has 1 aliphatic heterocycles. The lowest BCUT2D eigenvalue weighted by Crippen LogP contribution is -2.13. The fraction of sp³-hybridized carbons (Fsp3) is 0.400. The van der Waals surface area contributed by atoms with Crippen molar-refractivity contribution in [3.05, 3.63) is 23.8 Å². The summed E-state index contributed by atoms with van der Waals surface area (Å²) in [5, 5.41) is 0. The Kier molecular flexibility index (Phi) is 2.86. The SMILES string of the molecule is CCONCc1cccc2c1OCO2. The molecule has 1 aliphatic rings. The van der Waals surface area contributed by atoms with E-state index in [2.05, 4.69) is 5.48 Å². The Morgan fingerprint density at radius 2 is 2.36 bits per heavy atom. The van der Waals surface area contributed by atoms with Gasteiger partial charge in [0.2, 0.25) is 6.79 Å². The van der Waals surface area contributed by atoms with Gasteiger partial charge >= 0.3 is 0 Å². The van der Waals surface area contributed by atoms with Crippen molar-refractivity contribution in [1.29, 1.82) is 0 Å². The van der Waals surface area contributed by atoms with Crippen molar-refractivity contribution in [1.82, 2.24) is 5.48 Å². The average molecular weight is 195 g/mol. The molecule has 0 atom stereocenters. The summed E-state index contributed by atoms with van der Waals surface area (Å²) in [4.78, 5) is 5.05. The summed E-state index contributed by atoms with van der Waals surface area (Å²) in [7, 11) is 0. The van der Waals surface area contributed by atoms with E-state index in [4.69, 9.17) is 14.3 Å². The molecular formula is C10H13NO3. The number of benzene rings is 1. The lowest BCUT2D eigenvalue weighted by Gasteiger charge is -2.06. The minimum atomic E-state index is 0.307. The maximum absolute atomic E-state index is 5.34. The molecule has 0 radical (unpaired) electrons. The molecule has 0 saturated carbocycles. The normalized spacial score (nSPS) is 13.2. The van der Waals surface area contributed by atoms with Crippen LogP contribution in [0.4, 0.5) is 0 Å². The fourth-order valence-corrected chi connectivity index (χ4v) is 1.36.